The smallest absolute Gasteiger partial charge is 0.229 e. The quantitative estimate of drug-likeness (QED) is 0.875. The van der Waals surface area contributed by atoms with E-state index in [-0.39, 0.29) is 5.91 Å². The van der Waals surface area contributed by atoms with Gasteiger partial charge >= 0.3 is 0 Å². The van der Waals surface area contributed by atoms with Gasteiger partial charge in [0.05, 0.1) is 19.1 Å². The summed E-state index contributed by atoms with van der Waals surface area (Å²) in [5.41, 5.74) is 2.17. The molecule has 0 spiro atoms. The van der Waals surface area contributed by atoms with Gasteiger partial charge < -0.3 is 15.0 Å². The summed E-state index contributed by atoms with van der Waals surface area (Å²) in [6, 6.07) is 8.09. The summed E-state index contributed by atoms with van der Waals surface area (Å²) in [7, 11) is 0. The van der Waals surface area contributed by atoms with Crippen molar-refractivity contribution in [2.45, 2.75) is 39.2 Å². The van der Waals surface area contributed by atoms with Crippen molar-refractivity contribution < 1.29 is 9.53 Å². The van der Waals surface area contributed by atoms with Crippen molar-refractivity contribution in [3.8, 4) is 0 Å². The molecular formula is C17H26N2O2. The van der Waals surface area contributed by atoms with Gasteiger partial charge in [-0.25, -0.2) is 0 Å². The Morgan fingerprint density at radius 3 is 2.57 bits per heavy atom. The maximum atomic E-state index is 12.3. The van der Waals surface area contributed by atoms with Crippen molar-refractivity contribution in [3.63, 3.8) is 0 Å². The normalized spacial score (nSPS) is 15.9. The number of piperidine rings is 1. The highest BCUT2D eigenvalue weighted by Gasteiger charge is 2.16. The molecule has 1 aliphatic heterocycles. The zero-order valence-corrected chi connectivity index (χ0v) is 13.1. The second-order valence-electron chi connectivity index (χ2n) is 5.54. The lowest BCUT2D eigenvalue weighted by atomic mass is 10.1. The van der Waals surface area contributed by atoms with Gasteiger partial charge in [0.2, 0.25) is 5.91 Å². The lowest BCUT2D eigenvalue weighted by Crippen LogP contribution is -2.34. The summed E-state index contributed by atoms with van der Waals surface area (Å²) >= 11 is 0. The SMILES string of the molecule is CCN(C(=O)CCOC1CCNCC1)c1ccc(C)cc1. The average Bonchev–Trinajstić information content (AvgIpc) is 2.51. The number of hydrogen-bond donors (Lipinski definition) is 1. The van der Waals surface area contributed by atoms with Crippen molar-refractivity contribution in [1.82, 2.24) is 5.32 Å². The molecule has 4 nitrogen and oxygen atoms in total. The summed E-state index contributed by atoms with van der Waals surface area (Å²) < 4.78 is 5.82. The number of benzene rings is 1. The third-order valence-electron chi connectivity index (χ3n) is 3.92. The molecule has 0 aliphatic carbocycles. The maximum Gasteiger partial charge on any atom is 0.229 e. The van der Waals surface area contributed by atoms with Crippen LogP contribution in [0.1, 0.15) is 31.7 Å². The maximum absolute atomic E-state index is 12.3. The van der Waals surface area contributed by atoms with Crippen LogP contribution in [0, 0.1) is 6.92 Å². The van der Waals surface area contributed by atoms with E-state index in [1.807, 2.05) is 36.1 Å². The zero-order chi connectivity index (χ0) is 15.1. The van der Waals surface area contributed by atoms with E-state index >= 15 is 0 Å². The molecular weight excluding hydrogens is 264 g/mol. The van der Waals surface area contributed by atoms with Crippen LogP contribution < -0.4 is 10.2 Å². The minimum absolute atomic E-state index is 0.135. The van der Waals surface area contributed by atoms with Crippen LogP contribution in [-0.4, -0.2) is 38.3 Å². The minimum atomic E-state index is 0.135. The Morgan fingerprint density at radius 2 is 1.95 bits per heavy atom. The van der Waals surface area contributed by atoms with E-state index < -0.39 is 0 Å². The second-order valence-corrected chi connectivity index (χ2v) is 5.54. The van der Waals surface area contributed by atoms with E-state index in [4.69, 9.17) is 4.74 Å². The van der Waals surface area contributed by atoms with Gasteiger partial charge in [0.1, 0.15) is 0 Å². The fraction of sp³-hybridized carbons (Fsp3) is 0.588. The van der Waals surface area contributed by atoms with E-state index in [0.29, 0.717) is 25.7 Å². The van der Waals surface area contributed by atoms with Gasteiger partial charge in [-0.05, 0) is 51.9 Å². The van der Waals surface area contributed by atoms with Crippen molar-refractivity contribution in [2.75, 3.05) is 31.1 Å². The van der Waals surface area contributed by atoms with E-state index in [2.05, 4.69) is 12.2 Å². The molecule has 4 heteroatoms. The fourth-order valence-corrected chi connectivity index (χ4v) is 2.64. The van der Waals surface area contributed by atoms with Crippen LogP contribution in [0.3, 0.4) is 0 Å². The third kappa shape index (κ3) is 4.83. The number of nitrogens with zero attached hydrogens (tertiary/aromatic N) is 1. The molecule has 0 saturated carbocycles. The number of anilines is 1. The van der Waals surface area contributed by atoms with Gasteiger partial charge in [0.25, 0.3) is 0 Å². The Bertz CT molecular complexity index is 439. The van der Waals surface area contributed by atoms with Gasteiger partial charge in [0.15, 0.2) is 0 Å². The van der Waals surface area contributed by atoms with Crippen LogP contribution in [0.4, 0.5) is 5.69 Å². The van der Waals surface area contributed by atoms with Crippen molar-refractivity contribution in [2.24, 2.45) is 0 Å². The standard InChI is InChI=1S/C17H26N2O2/c1-3-19(15-6-4-14(2)5-7-15)17(20)10-13-21-16-8-11-18-12-9-16/h4-7,16,18H,3,8-13H2,1-2H3. The first-order chi connectivity index (χ1) is 10.2. The molecule has 0 bridgehead atoms. The Morgan fingerprint density at radius 1 is 1.29 bits per heavy atom. The van der Waals surface area contributed by atoms with Crippen LogP contribution in [0.15, 0.2) is 24.3 Å². The molecule has 1 aliphatic rings. The largest absolute Gasteiger partial charge is 0.378 e. The number of aryl methyl sites for hydroxylation is 1. The molecule has 1 aromatic carbocycles. The summed E-state index contributed by atoms with van der Waals surface area (Å²) in [6.45, 7) is 7.30. The molecule has 1 amide bonds. The zero-order valence-electron chi connectivity index (χ0n) is 13.1. The third-order valence-corrected chi connectivity index (χ3v) is 3.92. The van der Waals surface area contributed by atoms with E-state index in [1.165, 1.54) is 5.56 Å². The lowest BCUT2D eigenvalue weighted by molar-refractivity contribution is -0.120. The Balaban J connectivity index is 1.81. The molecule has 2 rings (SSSR count). The number of rotatable bonds is 6. The second kappa shape index (κ2) is 8.15. The summed E-state index contributed by atoms with van der Waals surface area (Å²) in [5.74, 6) is 0.135. The fourth-order valence-electron chi connectivity index (χ4n) is 2.64. The van der Waals surface area contributed by atoms with Crippen LogP contribution >= 0.6 is 0 Å². The topological polar surface area (TPSA) is 41.6 Å². The molecule has 0 radical (unpaired) electrons. The highest BCUT2D eigenvalue weighted by atomic mass is 16.5. The molecule has 116 valence electrons. The highest BCUT2D eigenvalue weighted by molar-refractivity contribution is 5.93. The number of hydrogen-bond acceptors (Lipinski definition) is 3. The highest BCUT2D eigenvalue weighted by Crippen LogP contribution is 2.16. The average molecular weight is 290 g/mol. The molecule has 21 heavy (non-hydrogen) atoms. The summed E-state index contributed by atoms with van der Waals surface area (Å²) in [4.78, 5) is 14.2. The molecule has 0 unspecified atom stereocenters. The van der Waals surface area contributed by atoms with Gasteiger partial charge in [0, 0.05) is 12.2 Å². The number of nitrogens with one attached hydrogen (secondary N) is 1. The Hall–Kier alpha value is -1.39. The summed E-state index contributed by atoms with van der Waals surface area (Å²) in [6.07, 6.45) is 2.85. The van der Waals surface area contributed by atoms with Gasteiger partial charge in [-0.2, -0.15) is 0 Å². The minimum Gasteiger partial charge on any atom is -0.378 e. The van der Waals surface area contributed by atoms with Gasteiger partial charge in [-0.3, -0.25) is 4.79 Å². The number of carbonyl (C=O) groups is 1. The van der Waals surface area contributed by atoms with Crippen LogP contribution in [-0.2, 0) is 9.53 Å². The van der Waals surface area contributed by atoms with Crippen molar-refractivity contribution >= 4 is 11.6 Å². The van der Waals surface area contributed by atoms with Crippen molar-refractivity contribution in [3.05, 3.63) is 29.8 Å². The number of amides is 1. The molecule has 1 N–H and O–H groups in total. The molecule has 0 aromatic heterocycles. The predicted octanol–water partition coefficient (Wildman–Crippen LogP) is 2.51. The van der Waals surface area contributed by atoms with E-state index in [1.54, 1.807) is 0 Å². The number of ether oxygens (including phenoxy) is 1. The molecule has 0 atom stereocenters. The summed E-state index contributed by atoms with van der Waals surface area (Å²) in [5, 5.41) is 3.31. The van der Waals surface area contributed by atoms with E-state index in [9.17, 15) is 4.79 Å². The van der Waals surface area contributed by atoms with Crippen LogP contribution in [0.5, 0.6) is 0 Å². The predicted molar refractivity (Wildman–Crippen MR) is 85.7 cm³/mol. The Labute approximate surface area is 127 Å². The van der Waals surface area contributed by atoms with Crippen LogP contribution in [0.25, 0.3) is 0 Å². The van der Waals surface area contributed by atoms with Gasteiger partial charge in [-0.1, -0.05) is 17.7 Å². The van der Waals surface area contributed by atoms with Crippen LogP contribution in [0.2, 0.25) is 0 Å². The van der Waals surface area contributed by atoms with Gasteiger partial charge in [-0.15, -0.1) is 0 Å². The first-order valence-electron chi connectivity index (χ1n) is 7.90. The Kier molecular flexibility index (Phi) is 6.21. The monoisotopic (exact) mass is 290 g/mol. The lowest BCUT2D eigenvalue weighted by Gasteiger charge is -2.24. The molecule has 1 saturated heterocycles. The molecule has 1 fully saturated rings. The molecule has 1 aromatic rings. The van der Waals surface area contributed by atoms with Crippen molar-refractivity contribution in [1.29, 1.82) is 0 Å². The van der Waals surface area contributed by atoms with E-state index in [0.717, 1.165) is 31.6 Å². The molecule has 1 heterocycles. The number of carbonyl (C=O) groups excluding carboxylic acids is 1. The first kappa shape index (κ1) is 16.0. The first-order valence-corrected chi connectivity index (χ1v) is 7.90.